The van der Waals surface area contributed by atoms with E-state index < -0.39 is 0 Å². The number of carbonyl (C=O) groups is 1. The number of rotatable bonds is 5. The Kier molecular flexibility index (Phi) is 5.60. The van der Waals surface area contributed by atoms with Crippen LogP contribution in [0.25, 0.3) is 0 Å². The summed E-state index contributed by atoms with van der Waals surface area (Å²) in [6, 6.07) is 12.3. The summed E-state index contributed by atoms with van der Waals surface area (Å²) in [4.78, 5) is 22.9. The van der Waals surface area contributed by atoms with Crippen molar-refractivity contribution in [2.24, 2.45) is 5.92 Å². The van der Waals surface area contributed by atoms with Gasteiger partial charge in [-0.25, -0.2) is 14.8 Å². The maximum atomic E-state index is 12.2. The van der Waals surface area contributed by atoms with E-state index in [1.54, 1.807) is 6.20 Å². The first-order chi connectivity index (χ1) is 12.1. The smallest absolute Gasteiger partial charge is 0.315 e. The predicted molar refractivity (Wildman–Crippen MR) is 96.8 cm³/mol. The molecule has 2 aromatic rings. The highest BCUT2D eigenvalue weighted by Gasteiger charge is 2.30. The molecule has 1 aromatic carbocycles. The molecule has 0 saturated carbocycles. The molecule has 25 heavy (non-hydrogen) atoms. The van der Waals surface area contributed by atoms with E-state index in [1.807, 2.05) is 19.1 Å². The Hall–Kier alpha value is -2.47. The number of likely N-dealkylation sites (tertiary alicyclic amines) is 1. The largest absolute Gasteiger partial charge is 0.334 e. The van der Waals surface area contributed by atoms with E-state index in [9.17, 15) is 4.79 Å². The number of hydrogen-bond acceptors (Lipinski definition) is 4. The van der Waals surface area contributed by atoms with Crippen molar-refractivity contribution >= 4 is 6.03 Å². The highest BCUT2D eigenvalue weighted by atomic mass is 16.2. The van der Waals surface area contributed by atoms with Crippen LogP contribution < -0.4 is 10.6 Å². The zero-order valence-electron chi connectivity index (χ0n) is 14.8. The molecule has 6 heteroatoms. The van der Waals surface area contributed by atoms with E-state index in [0.29, 0.717) is 18.3 Å². The molecular formula is C19H25N5O. The van der Waals surface area contributed by atoms with Crippen molar-refractivity contribution in [2.75, 3.05) is 13.1 Å². The maximum absolute atomic E-state index is 12.2. The first kappa shape index (κ1) is 17.4. The minimum atomic E-state index is -0.144. The van der Waals surface area contributed by atoms with Gasteiger partial charge in [0.25, 0.3) is 0 Å². The summed E-state index contributed by atoms with van der Waals surface area (Å²) < 4.78 is 0. The lowest BCUT2D eigenvalue weighted by Crippen LogP contribution is -2.45. The van der Waals surface area contributed by atoms with Gasteiger partial charge in [0.15, 0.2) is 0 Å². The Morgan fingerprint density at radius 1 is 1.24 bits per heavy atom. The van der Waals surface area contributed by atoms with Crippen LogP contribution in [0.4, 0.5) is 4.79 Å². The molecule has 2 N–H and O–H groups in total. The van der Waals surface area contributed by atoms with E-state index in [-0.39, 0.29) is 12.1 Å². The lowest BCUT2D eigenvalue weighted by molar-refractivity contribution is 0.234. The number of hydrogen-bond donors (Lipinski definition) is 2. The Balaban J connectivity index is 1.46. The molecule has 6 nitrogen and oxygen atoms in total. The number of carbonyl (C=O) groups excluding carboxylic acids is 1. The summed E-state index contributed by atoms with van der Waals surface area (Å²) in [5.41, 5.74) is 2.12. The van der Waals surface area contributed by atoms with E-state index in [1.165, 1.54) is 5.56 Å². The fraction of sp³-hybridized carbons (Fsp3) is 0.421. The molecule has 2 atom stereocenters. The molecular weight excluding hydrogens is 314 g/mol. The van der Waals surface area contributed by atoms with Crippen LogP contribution in [0.3, 0.4) is 0 Å². The monoisotopic (exact) mass is 339 g/mol. The molecule has 3 rings (SSSR count). The SMILES string of the molecule is Cc1nccc(CNC(=O)NC2CN(Cc3ccccc3)CC2C)n1. The van der Waals surface area contributed by atoms with Crippen LogP contribution in [0, 0.1) is 12.8 Å². The average molecular weight is 339 g/mol. The second-order valence-corrected chi connectivity index (χ2v) is 6.69. The van der Waals surface area contributed by atoms with Crippen molar-refractivity contribution < 1.29 is 4.79 Å². The van der Waals surface area contributed by atoms with Crippen LogP contribution >= 0.6 is 0 Å². The van der Waals surface area contributed by atoms with Crippen molar-refractivity contribution in [3.8, 4) is 0 Å². The lowest BCUT2D eigenvalue weighted by Gasteiger charge is -2.18. The number of benzene rings is 1. The molecule has 0 aliphatic carbocycles. The number of nitrogens with one attached hydrogen (secondary N) is 2. The van der Waals surface area contributed by atoms with E-state index in [2.05, 4.69) is 56.7 Å². The quantitative estimate of drug-likeness (QED) is 0.875. The summed E-state index contributed by atoms with van der Waals surface area (Å²) in [6.45, 7) is 7.21. The predicted octanol–water partition coefficient (Wildman–Crippen LogP) is 2.10. The molecule has 2 heterocycles. The van der Waals surface area contributed by atoms with Crippen molar-refractivity contribution in [3.63, 3.8) is 0 Å². The van der Waals surface area contributed by atoms with Gasteiger partial charge in [0.05, 0.1) is 12.2 Å². The average Bonchev–Trinajstić information content (AvgIpc) is 2.93. The van der Waals surface area contributed by atoms with Crippen molar-refractivity contribution in [3.05, 3.63) is 59.7 Å². The zero-order valence-corrected chi connectivity index (χ0v) is 14.8. The molecule has 1 aromatic heterocycles. The number of nitrogens with zero attached hydrogens (tertiary/aromatic N) is 3. The first-order valence-electron chi connectivity index (χ1n) is 8.69. The standard InChI is InChI=1S/C19H25N5O/c1-14-11-24(12-16-6-4-3-5-7-16)13-18(14)23-19(25)21-10-17-8-9-20-15(2)22-17/h3-9,14,18H,10-13H2,1-2H3,(H2,21,23,25). The maximum Gasteiger partial charge on any atom is 0.315 e. The Morgan fingerprint density at radius 2 is 2.04 bits per heavy atom. The first-order valence-corrected chi connectivity index (χ1v) is 8.69. The summed E-state index contributed by atoms with van der Waals surface area (Å²) in [7, 11) is 0. The molecule has 132 valence electrons. The molecule has 1 fully saturated rings. The van der Waals surface area contributed by atoms with E-state index in [4.69, 9.17) is 0 Å². The van der Waals surface area contributed by atoms with Crippen LogP contribution in [0.5, 0.6) is 0 Å². The number of aromatic nitrogens is 2. The molecule has 2 unspecified atom stereocenters. The van der Waals surface area contributed by atoms with Crippen LogP contribution in [-0.4, -0.2) is 40.0 Å². The van der Waals surface area contributed by atoms with Crippen molar-refractivity contribution in [2.45, 2.75) is 33.0 Å². The zero-order chi connectivity index (χ0) is 17.6. The fourth-order valence-corrected chi connectivity index (χ4v) is 3.22. The van der Waals surface area contributed by atoms with Gasteiger partial charge in [-0.2, -0.15) is 0 Å². The van der Waals surface area contributed by atoms with Crippen LogP contribution in [-0.2, 0) is 13.1 Å². The third kappa shape index (κ3) is 5.00. The molecule has 0 radical (unpaired) electrons. The lowest BCUT2D eigenvalue weighted by atomic mass is 10.1. The van der Waals surface area contributed by atoms with Gasteiger partial charge in [-0.15, -0.1) is 0 Å². The summed E-state index contributed by atoms with van der Waals surface area (Å²) in [5, 5.41) is 5.97. The Labute approximate surface area is 148 Å². The molecule has 1 aliphatic heterocycles. The van der Waals surface area contributed by atoms with Gasteiger partial charge in [-0.1, -0.05) is 37.3 Å². The topological polar surface area (TPSA) is 70.2 Å². The highest BCUT2D eigenvalue weighted by molar-refractivity contribution is 5.74. The van der Waals surface area contributed by atoms with Crippen molar-refractivity contribution in [1.29, 1.82) is 0 Å². The van der Waals surface area contributed by atoms with Gasteiger partial charge in [0.1, 0.15) is 5.82 Å². The van der Waals surface area contributed by atoms with Gasteiger partial charge in [-0.05, 0) is 24.5 Å². The molecule has 0 spiro atoms. The van der Waals surface area contributed by atoms with Crippen LogP contribution in [0.1, 0.15) is 24.0 Å². The second-order valence-electron chi connectivity index (χ2n) is 6.69. The van der Waals surface area contributed by atoms with E-state index >= 15 is 0 Å². The van der Waals surface area contributed by atoms with Gasteiger partial charge >= 0.3 is 6.03 Å². The number of urea groups is 1. The summed E-state index contributed by atoms with van der Waals surface area (Å²) in [6.07, 6.45) is 1.71. The Morgan fingerprint density at radius 3 is 2.80 bits per heavy atom. The Bertz CT molecular complexity index is 706. The fourth-order valence-electron chi connectivity index (χ4n) is 3.22. The van der Waals surface area contributed by atoms with Gasteiger partial charge < -0.3 is 10.6 Å². The van der Waals surface area contributed by atoms with Gasteiger partial charge in [-0.3, -0.25) is 4.90 Å². The molecule has 2 amide bonds. The van der Waals surface area contributed by atoms with Gasteiger partial charge in [0, 0.05) is 31.9 Å². The molecule has 1 saturated heterocycles. The third-order valence-electron chi connectivity index (χ3n) is 4.52. The summed E-state index contributed by atoms with van der Waals surface area (Å²) >= 11 is 0. The van der Waals surface area contributed by atoms with Gasteiger partial charge in [0.2, 0.25) is 0 Å². The third-order valence-corrected chi connectivity index (χ3v) is 4.52. The minimum absolute atomic E-state index is 0.144. The number of amides is 2. The number of aryl methyl sites for hydroxylation is 1. The van der Waals surface area contributed by atoms with Crippen molar-refractivity contribution in [1.82, 2.24) is 25.5 Å². The van der Waals surface area contributed by atoms with Crippen LogP contribution in [0.2, 0.25) is 0 Å². The molecule has 0 bridgehead atoms. The second kappa shape index (κ2) is 8.07. The normalized spacial score (nSPS) is 20.4. The minimum Gasteiger partial charge on any atom is -0.334 e. The van der Waals surface area contributed by atoms with E-state index in [0.717, 1.165) is 25.3 Å². The van der Waals surface area contributed by atoms with Crippen LogP contribution in [0.15, 0.2) is 42.6 Å². The molecule has 1 aliphatic rings. The highest BCUT2D eigenvalue weighted by Crippen LogP contribution is 2.18. The summed E-state index contributed by atoms with van der Waals surface area (Å²) in [5.74, 6) is 1.14.